The highest BCUT2D eigenvalue weighted by Crippen LogP contribution is 2.26. The molecule has 0 spiro atoms. The van der Waals surface area contributed by atoms with Crippen molar-refractivity contribution in [1.29, 1.82) is 0 Å². The predicted molar refractivity (Wildman–Crippen MR) is 167 cm³/mol. The normalized spacial score (nSPS) is 13.9. The van der Waals surface area contributed by atoms with Gasteiger partial charge in [-0.1, -0.05) is 68.4 Å². The Kier molecular flexibility index (Phi) is 11.7. The Hall–Kier alpha value is -4.19. The first-order valence-corrected chi connectivity index (χ1v) is 13.9. The van der Waals surface area contributed by atoms with E-state index in [0.717, 1.165) is 63.8 Å². The molecule has 0 atom stereocenters. The van der Waals surface area contributed by atoms with Gasteiger partial charge in [-0.2, -0.15) is 0 Å². The van der Waals surface area contributed by atoms with Crippen LogP contribution in [0.25, 0.3) is 22.3 Å². The van der Waals surface area contributed by atoms with E-state index in [1.807, 2.05) is 70.2 Å². The molecule has 0 aliphatic carbocycles. The van der Waals surface area contributed by atoms with E-state index in [9.17, 15) is 0 Å². The maximum atomic E-state index is 15.6. The van der Waals surface area contributed by atoms with Crippen molar-refractivity contribution in [2.75, 3.05) is 11.9 Å². The largest absolute Gasteiger partial charge is 0.366 e. The zero-order valence-electron chi connectivity index (χ0n) is 24.5. The Morgan fingerprint density at radius 1 is 1.05 bits per heavy atom. The molecule has 40 heavy (non-hydrogen) atoms. The summed E-state index contributed by atoms with van der Waals surface area (Å²) in [6.45, 7) is 12.4. The van der Waals surface area contributed by atoms with Crippen molar-refractivity contribution in [3.8, 4) is 11.4 Å². The zero-order chi connectivity index (χ0) is 28.9. The van der Waals surface area contributed by atoms with Crippen molar-refractivity contribution in [3.63, 3.8) is 0 Å². The van der Waals surface area contributed by atoms with Crippen LogP contribution in [0.15, 0.2) is 108 Å². The van der Waals surface area contributed by atoms with E-state index < -0.39 is 0 Å². The molecule has 3 heterocycles. The first-order valence-electron chi connectivity index (χ1n) is 13.9. The van der Waals surface area contributed by atoms with E-state index in [1.54, 1.807) is 18.5 Å². The molecule has 3 rings (SSSR count). The van der Waals surface area contributed by atoms with E-state index in [-0.39, 0.29) is 5.83 Å². The summed E-state index contributed by atoms with van der Waals surface area (Å²) in [5.74, 6) is 0.421. The maximum absolute atomic E-state index is 15.6. The van der Waals surface area contributed by atoms with Gasteiger partial charge in [-0.15, -0.1) is 0 Å². The summed E-state index contributed by atoms with van der Waals surface area (Å²) in [6.07, 6.45) is 21.6. The lowest BCUT2D eigenvalue weighted by Crippen LogP contribution is -2.08. The smallest absolute Gasteiger partial charge is 0.133 e. The third-order valence-corrected chi connectivity index (χ3v) is 6.42. The summed E-state index contributed by atoms with van der Waals surface area (Å²) in [5.41, 5.74) is 6.59. The Morgan fingerprint density at radius 2 is 1.88 bits per heavy atom. The fourth-order valence-electron chi connectivity index (χ4n) is 4.23. The molecule has 5 nitrogen and oxygen atoms in total. The maximum Gasteiger partial charge on any atom is 0.133 e. The van der Waals surface area contributed by atoms with Gasteiger partial charge in [-0.05, 0) is 75.5 Å². The van der Waals surface area contributed by atoms with Crippen LogP contribution in [0, 0.1) is 6.92 Å². The highest BCUT2D eigenvalue weighted by molar-refractivity contribution is 5.82. The number of nitrogens with zero attached hydrogens (tertiary/aromatic N) is 4. The number of hydrogen-bond donors (Lipinski definition) is 1. The molecule has 0 aliphatic heterocycles. The minimum absolute atomic E-state index is 0.263. The number of nitrogens with one attached hydrogen (secondary N) is 1. The molecule has 0 fully saturated rings. The SMILES string of the molecule is C\C=C/C(=C\C(C)=C\CC)C(/C)=C(F)/C=C(\C=C\CCC)CNc1ncnc(-c2cc3cccnc3cn2)c1C. The van der Waals surface area contributed by atoms with Crippen LogP contribution in [0.1, 0.15) is 59.4 Å². The monoisotopic (exact) mass is 537 g/mol. The number of aromatic nitrogens is 4. The van der Waals surface area contributed by atoms with Crippen LogP contribution in [0.4, 0.5) is 10.2 Å². The van der Waals surface area contributed by atoms with Gasteiger partial charge in [-0.3, -0.25) is 9.97 Å². The molecule has 1 N–H and O–H groups in total. The van der Waals surface area contributed by atoms with Crippen molar-refractivity contribution in [2.45, 2.75) is 60.8 Å². The number of fused-ring (bicyclic) bond motifs is 1. The van der Waals surface area contributed by atoms with Crippen LogP contribution in [0.5, 0.6) is 0 Å². The van der Waals surface area contributed by atoms with Gasteiger partial charge in [0.25, 0.3) is 0 Å². The second-order valence-corrected chi connectivity index (χ2v) is 9.65. The van der Waals surface area contributed by atoms with Crippen LogP contribution in [0.3, 0.4) is 0 Å². The van der Waals surface area contributed by atoms with Crippen LogP contribution >= 0.6 is 0 Å². The molecular formula is C34H40FN5. The van der Waals surface area contributed by atoms with E-state index in [2.05, 4.69) is 51.3 Å². The van der Waals surface area contributed by atoms with E-state index in [1.165, 1.54) is 6.33 Å². The van der Waals surface area contributed by atoms with E-state index in [4.69, 9.17) is 0 Å². The molecule has 0 amide bonds. The summed E-state index contributed by atoms with van der Waals surface area (Å²) in [4.78, 5) is 17.9. The highest BCUT2D eigenvalue weighted by atomic mass is 19.1. The average molecular weight is 538 g/mol. The summed E-state index contributed by atoms with van der Waals surface area (Å²) >= 11 is 0. The van der Waals surface area contributed by atoms with Gasteiger partial charge in [0.2, 0.25) is 0 Å². The van der Waals surface area contributed by atoms with Gasteiger partial charge < -0.3 is 5.32 Å². The van der Waals surface area contributed by atoms with Gasteiger partial charge in [0.1, 0.15) is 18.0 Å². The van der Waals surface area contributed by atoms with Gasteiger partial charge in [0.05, 0.1) is 23.1 Å². The van der Waals surface area contributed by atoms with Crippen molar-refractivity contribution in [3.05, 3.63) is 113 Å². The number of halogens is 1. The number of hydrogen-bond acceptors (Lipinski definition) is 5. The fraction of sp³-hybridized carbons (Fsp3) is 0.294. The first kappa shape index (κ1) is 30.4. The quantitative estimate of drug-likeness (QED) is 0.233. The average Bonchev–Trinajstić information content (AvgIpc) is 2.95. The second-order valence-electron chi connectivity index (χ2n) is 9.65. The van der Waals surface area contributed by atoms with Crippen molar-refractivity contribution in [2.24, 2.45) is 0 Å². The molecule has 0 unspecified atom stereocenters. The first-order chi connectivity index (χ1) is 19.4. The molecule has 3 aromatic heterocycles. The summed E-state index contributed by atoms with van der Waals surface area (Å²) < 4.78 is 15.6. The Bertz CT molecular complexity index is 1490. The molecule has 0 aliphatic rings. The van der Waals surface area contributed by atoms with Crippen molar-refractivity contribution in [1.82, 2.24) is 19.9 Å². The molecule has 0 saturated carbocycles. The third-order valence-electron chi connectivity index (χ3n) is 6.42. The van der Waals surface area contributed by atoms with Crippen LogP contribution in [-0.4, -0.2) is 26.5 Å². The minimum atomic E-state index is -0.263. The molecule has 3 aromatic rings. The van der Waals surface area contributed by atoms with Crippen LogP contribution in [-0.2, 0) is 0 Å². The van der Waals surface area contributed by atoms with Crippen molar-refractivity contribution >= 4 is 16.7 Å². The van der Waals surface area contributed by atoms with Gasteiger partial charge >= 0.3 is 0 Å². The fourth-order valence-corrected chi connectivity index (χ4v) is 4.23. The third kappa shape index (κ3) is 8.40. The van der Waals surface area contributed by atoms with Gasteiger partial charge in [-0.25, -0.2) is 14.4 Å². The number of pyridine rings is 2. The van der Waals surface area contributed by atoms with Crippen molar-refractivity contribution < 1.29 is 4.39 Å². The molecule has 0 radical (unpaired) electrons. The number of unbranched alkanes of at least 4 members (excludes halogenated alkanes) is 1. The van der Waals surface area contributed by atoms with Crippen LogP contribution in [0.2, 0.25) is 0 Å². The van der Waals surface area contributed by atoms with E-state index >= 15 is 4.39 Å². The Labute approximate surface area is 238 Å². The number of allylic oxidation sites excluding steroid dienone is 10. The summed E-state index contributed by atoms with van der Waals surface area (Å²) in [6, 6.07) is 5.89. The second kappa shape index (κ2) is 15.4. The molecule has 6 heteroatoms. The zero-order valence-corrected chi connectivity index (χ0v) is 24.5. The molecular weight excluding hydrogens is 497 g/mol. The van der Waals surface area contributed by atoms with Gasteiger partial charge in [0, 0.05) is 23.7 Å². The highest BCUT2D eigenvalue weighted by Gasteiger charge is 2.12. The minimum Gasteiger partial charge on any atom is -0.366 e. The molecule has 0 aromatic carbocycles. The topological polar surface area (TPSA) is 63.6 Å². The Balaban J connectivity index is 1.92. The molecule has 208 valence electrons. The lowest BCUT2D eigenvalue weighted by molar-refractivity contribution is 0.655. The number of rotatable bonds is 12. The predicted octanol–water partition coefficient (Wildman–Crippen LogP) is 9.19. The lowest BCUT2D eigenvalue weighted by Gasteiger charge is -2.12. The standard InChI is InChI=1S/C34H40FN5/c1-7-10-11-15-27(19-30(35)25(5)28(14-9-3)18-24(4)13-8-2)21-38-34-26(6)33(39-23-40-34)31-20-29-16-12-17-36-32(29)22-37-31/h9,11-20,22-23H,7-8,10,21H2,1-6H3,(H,38,39,40)/b14-9-,15-11+,24-13+,27-19+,28-18+,30-25-. The van der Waals surface area contributed by atoms with Crippen LogP contribution < -0.4 is 5.32 Å². The number of anilines is 1. The van der Waals surface area contributed by atoms with Gasteiger partial charge in [0.15, 0.2) is 0 Å². The van der Waals surface area contributed by atoms with E-state index in [0.29, 0.717) is 17.9 Å². The Morgan fingerprint density at radius 3 is 2.62 bits per heavy atom. The summed E-state index contributed by atoms with van der Waals surface area (Å²) in [7, 11) is 0. The summed E-state index contributed by atoms with van der Waals surface area (Å²) in [5, 5.41) is 4.39. The molecule has 0 saturated heterocycles. The molecule has 0 bridgehead atoms. The lowest BCUT2D eigenvalue weighted by atomic mass is 10.0.